The molecule has 4 nitrogen and oxygen atoms in total. The summed E-state index contributed by atoms with van der Waals surface area (Å²) in [4.78, 5) is 12.7. The van der Waals surface area contributed by atoms with E-state index in [0.717, 1.165) is 33.9 Å². The van der Waals surface area contributed by atoms with Crippen molar-refractivity contribution >= 4 is 11.2 Å². The van der Waals surface area contributed by atoms with E-state index in [0.29, 0.717) is 12.5 Å². The summed E-state index contributed by atoms with van der Waals surface area (Å²) in [6, 6.07) is 22.4. The zero-order valence-electron chi connectivity index (χ0n) is 14.4. The summed E-state index contributed by atoms with van der Waals surface area (Å²) in [5.74, 6) is 2.33. The number of aromatic nitrogens is 3. The predicted molar refractivity (Wildman–Crippen MR) is 102 cm³/mol. The van der Waals surface area contributed by atoms with Gasteiger partial charge in [-0.05, 0) is 54.8 Å². The van der Waals surface area contributed by atoms with E-state index in [1.54, 1.807) is 0 Å². The maximum absolute atomic E-state index is 5.85. The Kier molecular flexibility index (Phi) is 3.67. The summed E-state index contributed by atoms with van der Waals surface area (Å²) < 4.78 is 5.85. The second-order valence-electron chi connectivity index (χ2n) is 6.77. The quantitative estimate of drug-likeness (QED) is 0.550. The van der Waals surface area contributed by atoms with E-state index in [-0.39, 0.29) is 0 Å². The highest BCUT2D eigenvalue weighted by molar-refractivity contribution is 5.76. The van der Waals surface area contributed by atoms with Crippen LogP contribution >= 0.6 is 0 Å². The molecule has 4 aromatic rings. The Labute approximate surface area is 151 Å². The SMILES string of the molecule is c1ccc(COc2ccc(-c3nc4nc(C5CC5)ccc4[nH]3)cc2)cc1. The average molecular weight is 341 g/mol. The van der Waals surface area contributed by atoms with Gasteiger partial charge in [-0.25, -0.2) is 9.97 Å². The van der Waals surface area contributed by atoms with Gasteiger partial charge in [-0.2, -0.15) is 0 Å². The maximum atomic E-state index is 5.85. The number of hydrogen-bond acceptors (Lipinski definition) is 3. The molecule has 2 aromatic carbocycles. The van der Waals surface area contributed by atoms with Gasteiger partial charge in [-0.15, -0.1) is 0 Å². The highest BCUT2D eigenvalue weighted by Gasteiger charge is 2.25. The summed E-state index contributed by atoms with van der Waals surface area (Å²) in [7, 11) is 0. The largest absolute Gasteiger partial charge is 0.489 e. The van der Waals surface area contributed by atoms with Crippen molar-refractivity contribution in [3.05, 3.63) is 78.0 Å². The lowest BCUT2D eigenvalue weighted by Crippen LogP contribution is -1.94. The Morgan fingerprint density at radius 3 is 2.46 bits per heavy atom. The molecule has 2 heterocycles. The molecule has 0 unspecified atom stereocenters. The molecule has 2 aromatic heterocycles. The van der Waals surface area contributed by atoms with Crippen LogP contribution in [-0.2, 0) is 6.61 Å². The molecule has 0 spiro atoms. The topological polar surface area (TPSA) is 50.8 Å². The predicted octanol–water partition coefficient (Wildman–Crippen LogP) is 5.08. The first-order valence-electron chi connectivity index (χ1n) is 8.99. The minimum Gasteiger partial charge on any atom is -0.489 e. The van der Waals surface area contributed by atoms with Crippen LogP contribution < -0.4 is 4.74 Å². The second-order valence-corrected chi connectivity index (χ2v) is 6.77. The molecule has 1 aliphatic carbocycles. The maximum Gasteiger partial charge on any atom is 0.178 e. The van der Waals surface area contributed by atoms with Crippen LogP contribution in [0.1, 0.15) is 30.0 Å². The summed E-state index contributed by atoms with van der Waals surface area (Å²) >= 11 is 0. The summed E-state index contributed by atoms with van der Waals surface area (Å²) in [5, 5.41) is 0. The van der Waals surface area contributed by atoms with Gasteiger partial charge in [0, 0.05) is 17.2 Å². The van der Waals surface area contributed by atoms with E-state index in [1.165, 1.54) is 18.5 Å². The van der Waals surface area contributed by atoms with Crippen molar-refractivity contribution < 1.29 is 4.74 Å². The first-order chi connectivity index (χ1) is 12.8. The van der Waals surface area contributed by atoms with Gasteiger partial charge in [0.05, 0.1) is 5.52 Å². The molecule has 5 rings (SSSR count). The van der Waals surface area contributed by atoms with Crippen LogP contribution in [-0.4, -0.2) is 15.0 Å². The molecule has 1 N–H and O–H groups in total. The number of rotatable bonds is 5. The number of H-pyrrole nitrogens is 1. The van der Waals surface area contributed by atoms with E-state index in [9.17, 15) is 0 Å². The van der Waals surface area contributed by atoms with E-state index in [2.05, 4.69) is 34.2 Å². The number of hydrogen-bond donors (Lipinski definition) is 1. The Morgan fingerprint density at radius 1 is 0.885 bits per heavy atom. The summed E-state index contributed by atoms with van der Waals surface area (Å²) in [5.41, 5.74) is 5.14. The van der Waals surface area contributed by atoms with Gasteiger partial charge in [0.1, 0.15) is 18.2 Å². The van der Waals surface area contributed by atoms with Crippen LogP contribution in [0.25, 0.3) is 22.6 Å². The van der Waals surface area contributed by atoms with Crippen molar-refractivity contribution in [2.75, 3.05) is 0 Å². The number of nitrogens with zero attached hydrogens (tertiary/aromatic N) is 2. The van der Waals surface area contributed by atoms with Crippen LogP contribution in [0.5, 0.6) is 5.75 Å². The molecule has 0 radical (unpaired) electrons. The minimum absolute atomic E-state index is 0.568. The molecule has 0 aliphatic heterocycles. The molecule has 0 saturated heterocycles. The fourth-order valence-electron chi connectivity index (χ4n) is 3.10. The second kappa shape index (κ2) is 6.30. The van der Waals surface area contributed by atoms with Gasteiger partial charge >= 0.3 is 0 Å². The number of ether oxygens (including phenoxy) is 1. The van der Waals surface area contributed by atoms with Crippen molar-refractivity contribution in [3.63, 3.8) is 0 Å². The third-order valence-electron chi connectivity index (χ3n) is 4.74. The van der Waals surface area contributed by atoms with Crippen molar-refractivity contribution in [1.29, 1.82) is 0 Å². The Hall–Kier alpha value is -3.14. The van der Waals surface area contributed by atoms with E-state index < -0.39 is 0 Å². The van der Waals surface area contributed by atoms with E-state index in [4.69, 9.17) is 9.72 Å². The Morgan fingerprint density at radius 2 is 1.69 bits per heavy atom. The summed E-state index contributed by atoms with van der Waals surface area (Å²) in [6.45, 7) is 0.568. The standard InChI is InChI=1S/C22H19N3O/c1-2-4-15(5-3-1)14-26-18-10-8-17(9-11-18)21-24-20-13-12-19(16-6-7-16)23-22(20)25-21/h1-5,8-13,16H,6-7,14H2,(H,23,24,25). The van der Waals surface area contributed by atoms with Gasteiger partial charge in [0.25, 0.3) is 0 Å². The molecule has 26 heavy (non-hydrogen) atoms. The molecule has 128 valence electrons. The van der Waals surface area contributed by atoms with Crippen LogP contribution in [0.3, 0.4) is 0 Å². The van der Waals surface area contributed by atoms with Crippen LogP contribution in [0.15, 0.2) is 66.7 Å². The summed E-state index contributed by atoms with van der Waals surface area (Å²) in [6.07, 6.45) is 2.50. The first kappa shape index (κ1) is 15.1. The third kappa shape index (κ3) is 3.06. The van der Waals surface area contributed by atoms with Crippen molar-refractivity contribution in [2.24, 2.45) is 0 Å². The molecule has 0 atom stereocenters. The van der Waals surface area contributed by atoms with Gasteiger partial charge < -0.3 is 9.72 Å². The van der Waals surface area contributed by atoms with Crippen LogP contribution in [0.4, 0.5) is 0 Å². The van der Waals surface area contributed by atoms with Gasteiger partial charge in [0.15, 0.2) is 5.65 Å². The lowest BCUT2D eigenvalue weighted by atomic mass is 10.2. The van der Waals surface area contributed by atoms with Gasteiger partial charge in [0.2, 0.25) is 0 Å². The van der Waals surface area contributed by atoms with E-state index in [1.807, 2.05) is 42.5 Å². The Bertz CT molecular complexity index is 1030. The van der Waals surface area contributed by atoms with Crippen LogP contribution in [0.2, 0.25) is 0 Å². The molecule has 1 fully saturated rings. The van der Waals surface area contributed by atoms with Crippen molar-refractivity contribution in [2.45, 2.75) is 25.4 Å². The molecule has 4 heteroatoms. The zero-order valence-corrected chi connectivity index (χ0v) is 14.4. The normalized spacial score (nSPS) is 13.8. The Balaban J connectivity index is 1.34. The zero-order chi connectivity index (χ0) is 17.3. The molecular formula is C22H19N3O. The molecule has 0 bridgehead atoms. The minimum atomic E-state index is 0.568. The smallest absolute Gasteiger partial charge is 0.178 e. The molecule has 1 aliphatic rings. The lowest BCUT2D eigenvalue weighted by molar-refractivity contribution is 0.306. The lowest BCUT2D eigenvalue weighted by Gasteiger charge is -2.06. The first-order valence-corrected chi connectivity index (χ1v) is 8.99. The average Bonchev–Trinajstić information content (AvgIpc) is 3.46. The molecule has 1 saturated carbocycles. The van der Waals surface area contributed by atoms with E-state index >= 15 is 0 Å². The number of imidazole rings is 1. The highest BCUT2D eigenvalue weighted by atomic mass is 16.5. The van der Waals surface area contributed by atoms with Crippen molar-refractivity contribution in [3.8, 4) is 17.1 Å². The van der Waals surface area contributed by atoms with Gasteiger partial charge in [-0.3, -0.25) is 0 Å². The number of pyridine rings is 1. The molecule has 0 amide bonds. The fourth-order valence-corrected chi connectivity index (χ4v) is 3.10. The number of benzene rings is 2. The van der Waals surface area contributed by atoms with Crippen molar-refractivity contribution in [1.82, 2.24) is 15.0 Å². The number of nitrogens with one attached hydrogen (secondary N) is 1. The monoisotopic (exact) mass is 341 g/mol. The third-order valence-corrected chi connectivity index (χ3v) is 4.74. The van der Waals surface area contributed by atoms with Gasteiger partial charge in [-0.1, -0.05) is 30.3 Å². The number of aromatic amines is 1. The molecular weight excluding hydrogens is 322 g/mol. The number of fused-ring (bicyclic) bond motifs is 1. The highest BCUT2D eigenvalue weighted by Crippen LogP contribution is 2.39. The van der Waals surface area contributed by atoms with Crippen LogP contribution in [0, 0.1) is 0 Å². The fraction of sp³-hybridized carbons (Fsp3) is 0.182.